The van der Waals surface area contributed by atoms with Crippen LogP contribution in [0.1, 0.15) is 34.0 Å². The zero-order valence-electron chi connectivity index (χ0n) is 14.8. The highest BCUT2D eigenvalue weighted by Gasteiger charge is 2.16. The van der Waals surface area contributed by atoms with Gasteiger partial charge >= 0.3 is 0 Å². The Balaban J connectivity index is 1.92. The zero-order chi connectivity index (χ0) is 18.0. The molecule has 1 aromatic heterocycles. The van der Waals surface area contributed by atoms with Crippen molar-refractivity contribution >= 4 is 16.8 Å². The molecule has 0 aliphatic heterocycles. The SMILES string of the molecule is CCN(Cc1cc2cc(C)ccc2[nH]c1=O)C(=O)c1ccc(C)cc1. The van der Waals surface area contributed by atoms with Gasteiger partial charge in [0.15, 0.2) is 0 Å². The Kier molecular flexibility index (Phi) is 4.70. The third-order valence-corrected chi connectivity index (χ3v) is 4.41. The second kappa shape index (κ2) is 6.93. The van der Waals surface area contributed by atoms with E-state index in [0.29, 0.717) is 24.2 Å². The van der Waals surface area contributed by atoms with Crippen molar-refractivity contribution in [1.29, 1.82) is 0 Å². The number of benzene rings is 2. The lowest BCUT2D eigenvalue weighted by atomic mass is 10.1. The predicted molar refractivity (Wildman–Crippen MR) is 101 cm³/mol. The summed E-state index contributed by atoms with van der Waals surface area (Å²) in [7, 11) is 0. The number of aromatic amines is 1. The third-order valence-electron chi connectivity index (χ3n) is 4.41. The molecule has 3 aromatic rings. The van der Waals surface area contributed by atoms with E-state index in [2.05, 4.69) is 4.98 Å². The van der Waals surface area contributed by atoms with Gasteiger partial charge in [-0.1, -0.05) is 29.3 Å². The summed E-state index contributed by atoms with van der Waals surface area (Å²) in [6, 6.07) is 15.3. The summed E-state index contributed by atoms with van der Waals surface area (Å²) in [5.74, 6) is -0.0637. The summed E-state index contributed by atoms with van der Waals surface area (Å²) in [4.78, 5) is 29.7. The minimum Gasteiger partial charge on any atom is -0.334 e. The van der Waals surface area contributed by atoms with E-state index in [1.54, 1.807) is 4.90 Å². The van der Waals surface area contributed by atoms with Gasteiger partial charge in [0.25, 0.3) is 11.5 Å². The molecule has 0 fully saturated rings. The lowest BCUT2D eigenvalue weighted by Crippen LogP contribution is -2.32. The molecule has 0 saturated heterocycles. The van der Waals surface area contributed by atoms with Crippen LogP contribution in [0, 0.1) is 13.8 Å². The van der Waals surface area contributed by atoms with Gasteiger partial charge in [0.2, 0.25) is 0 Å². The molecule has 0 aliphatic rings. The Labute approximate surface area is 147 Å². The van der Waals surface area contributed by atoms with Gasteiger partial charge in [0.05, 0.1) is 6.54 Å². The first-order chi connectivity index (χ1) is 12.0. The van der Waals surface area contributed by atoms with Crippen LogP contribution in [0.5, 0.6) is 0 Å². The van der Waals surface area contributed by atoms with Crippen LogP contribution in [-0.2, 0) is 6.54 Å². The number of aromatic nitrogens is 1. The van der Waals surface area contributed by atoms with Crippen molar-refractivity contribution in [2.75, 3.05) is 6.54 Å². The number of fused-ring (bicyclic) bond motifs is 1. The lowest BCUT2D eigenvalue weighted by molar-refractivity contribution is 0.0752. The number of aryl methyl sites for hydroxylation is 2. The van der Waals surface area contributed by atoms with E-state index in [1.165, 1.54) is 0 Å². The summed E-state index contributed by atoms with van der Waals surface area (Å²) < 4.78 is 0. The number of nitrogens with one attached hydrogen (secondary N) is 1. The molecule has 0 atom stereocenters. The molecule has 3 rings (SSSR count). The van der Waals surface area contributed by atoms with Crippen LogP contribution in [0.3, 0.4) is 0 Å². The van der Waals surface area contributed by atoms with Gasteiger partial charge in [0, 0.05) is 23.2 Å². The molecule has 1 amide bonds. The smallest absolute Gasteiger partial charge is 0.254 e. The molecule has 4 nitrogen and oxygen atoms in total. The normalized spacial score (nSPS) is 10.8. The molecular formula is C21H22N2O2. The topological polar surface area (TPSA) is 53.2 Å². The van der Waals surface area contributed by atoms with Crippen LogP contribution >= 0.6 is 0 Å². The van der Waals surface area contributed by atoms with E-state index in [1.807, 2.05) is 69.3 Å². The second-order valence-corrected chi connectivity index (χ2v) is 6.40. The summed E-state index contributed by atoms with van der Waals surface area (Å²) >= 11 is 0. The van der Waals surface area contributed by atoms with Gasteiger partial charge in [-0.2, -0.15) is 0 Å². The van der Waals surface area contributed by atoms with Crippen LogP contribution in [0.25, 0.3) is 10.9 Å². The summed E-state index contributed by atoms with van der Waals surface area (Å²) in [6.07, 6.45) is 0. The van der Waals surface area contributed by atoms with Gasteiger partial charge in [-0.25, -0.2) is 0 Å². The second-order valence-electron chi connectivity index (χ2n) is 6.40. The summed E-state index contributed by atoms with van der Waals surface area (Å²) in [5, 5.41) is 0.980. The highest BCUT2D eigenvalue weighted by atomic mass is 16.2. The first-order valence-electron chi connectivity index (χ1n) is 8.46. The van der Waals surface area contributed by atoms with Crippen molar-refractivity contribution in [3.05, 3.63) is 81.1 Å². The third kappa shape index (κ3) is 3.63. The predicted octanol–water partition coefficient (Wildman–Crippen LogP) is 3.81. The number of rotatable bonds is 4. The molecule has 1 N–H and O–H groups in total. The van der Waals surface area contributed by atoms with E-state index in [4.69, 9.17) is 0 Å². The van der Waals surface area contributed by atoms with Crippen LogP contribution in [-0.4, -0.2) is 22.3 Å². The molecule has 25 heavy (non-hydrogen) atoms. The average molecular weight is 334 g/mol. The average Bonchev–Trinajstić information content (AvgIpc) is 2.60. The maximum absolute atomic E-state index is 12.7. The van der Waals surface area contributed by atoms with Crippen molar-refractivity contribution in [3.8, 4) is 0 Å². The quantitative estimate of drug-likeness (QED) is 0.789. The van der Waals surface area contributed by atoms with Gasteiger partial charge in [0.1, 0.15) is 0 Å². The Morgan fingerprint density at radius 2 is 1.68 bits per heavy atom. The van der Waals surface area contributed by atoms with E-state index in [9.17, 15) is 9.59 Å². The van der Waals surface area contributed by atoms with Crippen molar-refractivity contribution < 1.29 is 4.79 Å². The number of H-pyrrole nitrogens is 1. The molecule has 0 saturated carbocycles. The molecule has 4 heteroatoms. The molecule has 0 unspecified atom stereocenters. The molecule has 0 aliphatic carbocycles. The fraction of sp³-hybridized carbons (Fsp3) is 0.238. The largest absolute Gasteiger partial charge is 0.334 e. The molecular weight excluding hydrogens is 312 g/mol. The zero-order valence-corrected chi connectivity index (χ0v) is 14.8. The Morgan fingerprint density at radius 1 is 1.00 bits per heavy atom. The minimum atomic E-state index is -0.147. The summed E-state index contributed by atoms with van der Waals surface area (Å²) in [5.41, 5.74) is 4.15. The Bertz CT molecular complexity index is 971. The van der Waals surface area contributed by atoms with Gasteiger partial charge in [-0.15, -0.1) is 0 Å². The van der Waals surface area contributed by atoms with E-state index < -0.39 is 0 Å². The number of nitrogens with zero attached hydrogens (tertiary/aromatic N) is 1. The molecule has 128 valence electrons. The number of carbonyl (C=O) groups excluding carboxylic acids is 1. The highest BCUT2D eigenvalue weighted by Crippen LogP contribution is 2.15. The highest BCUT2D eigenvalue weighted by molar-refractivity contribution is 5.94. The number of carbonyl (C=O) groups is 1. The van der Waals surface area contributed by atoms with E-state index >= 15 is 0 Å². The van der Waals surface area contributed by atoms with E-state index in [0.717, 1.165) is 22.0 Å². The van der Waals surface area contributed by atoms with Gasteiger partial charge in [-0.05, 0) is 56.5 Å². The van der Waals surface area contributed by atoms with E-state index in [-0.39, 0.29) is 11.5 Å². The van der Waals surface area contributed by atoms with Crippen molar-refractivity contribution in [3.63, 3.8) is 0 Å². The van der Waals surface area contributed by atoms with Gasteiger partial charge in [-0.3, -0.25) is 9.59 Å². The number of amides is 1. The lowest BCUT2D eigenvalue weighted by Gasteiger charge is -2.21. The van der Waals surface area contributed by atoms with Crippen molar-refractivity contribution in [2.24, 2.45) is 0 Å². The van der Waals surface area contributed by atoms with Crippen LogP contribution in [0.4, 0.5) is 0 Å². The Hall–Kier alpha value is -2.88. The van der Waals surface area contributed by atoms with Gasteiger partial charge < -0.3 is 9.88 Å². The number of pyridine rings is 1. The summed E-state index contributed by atoms with van der Waals surface area (Å²) in [6.45, 7) is 6.76. The number of hydrogen-bond acceptors (Lipinski definition) is 2. The van der Waals surface area contributed by atoms with Crippen molar-refractivity contribution in [1.82, 2.24) is 9.88 Å². The molecule has 0 radical (unpaired) electrons. The fourth-order valence-corrected chi connectivity index (χ4v) is 2.90. The molecule has 1 heterocycles. The molecule has 2 aromatic carbocycles. The standard InChI is InChI=1S/C21H22N2O2/c1-4-23(21(25)16-8-5-14(2)6-9-16)13-18-12-17-11-15(3)7-10-19(17)22-20(18)24/h5-12H,4,13H2,1-3H3,(H,22,24). The first-order valence-corrected chi connectivity index (χ1v) is 8.46. The van der Waals surface area contributed by atoms with Crippen molar-refractivity contribution in [2.45, 2.75) is 27.3 Å². The molecule has 0 spiro atoms. The van der Waals surface area contributed by atoms with Crippen LogP contribution in [0.2, 0.25) is 0 Å². The monoisotopic (exact) mass is 334 g/mol. The maximum atomic E-state index is 12.7. The number of hydrogen-bond donors (Lipinski definition) is 1. The molecule has 0 bridgehead atoms. The Morgan fingerprint density at radius 3 is 2.36 bits per heavy atom. The van der Waals surface area contributed by atoms with Crippen LogP contribution in [0.15, 0.2) is 53.3 Å². The van der Waals surface area contributed by atoms with Crippen LogP contribution < -0.4 is 5.56 Å². The minimum absolute atomic E-state index is 0.0637. The first kappa shape index (κ1) is 17.0. The maximum Gasteiger partial charge on any atom is 0.254 e. The fourth-order valence-electron chi connectivity index (χ4n) is 2.90.